The molecule has 4 rings (SSSR count). The summed E-state index contributed by atoms with van der Waals surface area (Å²) in [7, 11) is 0. The number of rotatable bonds is 5. The molecule has 3 aromatic carbocycles. The summed E-state index contributed by atoms with van der Waals surface area (Å²) in [5.41, 5.74) is 1.34. The van der Waals surface area contributed by atoms with Crippen molar-refractivity contribution in [3.63, 3.8) is 0 Å². The van der Waals surface area contributed by atoms with Crippen LogP contribution in [0, 0.1) is 6.92 Å². The van der Waals surface area contributed by atoms with Crippen molar-refractivity contribution in [3.8, 4) is 0 Å². The zero-order valence-electron chi connectivity index (χ0n) is 26.1. The molecule has 4 nitrogen and oxygen atoms in total. The number of alkyl halides is 6. The third-order valence-electron chi connectivity index (χ3n) is 7.71. The predicted octanol–water partition coefficient (Wildman–Crippen LogP) is 10.7. The first-order valence-corrected chi connectivity index (χ1v) is 15.2. The Morgan fingerprint density at radius 2 is 1.31 bits per heavy atom. The lowest BCUT2D eigenvalue weighted by atomic mass is 9.91. The molecule has 1 aliphatic rings. The molecule has 45 heavy (non-hydrogen) atoms. The highest BCUT2D eigenvalue weighted by Gasteiger charge is 2.38. The molecule has 0 unspecified atom stereocenters. The van der Waals surface area contributed by atoms with Gasteiger partial charge in [-0.1, -0.05) is 69.1 Å². The van der Waals surface area contributed by atoms with E-state index in [1.165, 1.54) is 0 Å². The maximum atomic E-state index is 13.8. The summed E-state index contributed by atoms with van der Waals surface area (Å²) >= 11 is 6.35. The van der Waals surface area contributed by atoms with E-state index in [4.69, 9.17) is 16.6 Å². The van der Waals surface area contributed by atoms with E-state index < -0.39 is 23.5 Å². The topological polar surface area (TPSA) is 31.2 Å². The molecule has 1 heterocycles. The van der Waals surface area contributed by atoms with Gasteiger partial charge in [0, 0.05) is 18.7 Å². The Labute approximate surface area is 265 Å². The van der Waals surface area contributed by atoms with E-state index >= 15 is 0 Å². The molecule has 242 valence electrons. The van der Waals surface area contributed by atoms with Gasteiger partial charge in [0.25, 0.3) is 0 Å². The van der Waals surface area contributed by atoms with Gasteiger partial charge >= 0.3 is 12.4 Å². The van der Waals surface area contributed by atoms with E-state index in [1.54, 1.807) is 29.2 Å². The van der Waals surface area contributed by atoms with E-state index in [0.717, 1.165) is 22.4 Å². The number of hydrogen-bond acceptors (Lipinski definition) is 2. The first kappa shape index (κ1) is 34.3. The maximum Gasteiger partial charge on any atom is 0.416 e. The summed E-state index contributed by atoms with van der Waals surface area (Å²) in [5.74, 6) is 1.07. The molecule has 1 saturated heterocycles. The number of amidine groups is 2. The maximum absolute atomic E-state index is 13.8. The molecule has 1 aliphatic heterocycles. The third-order valence-corrected chi connectivity index (χ3v) is 8.03. The Hall–Kier alpha value is -3.53. The van der Waals surface area contributed by atoms with E-state index in [1.807, 2.05) is 11.8 Å². The molecule has 1 fully saturated rings. The van der Waals surface area contributed by atoms with Crippen LogP contribution in [-0.4, -0.2) is 41.2 Å². The minimum atomic E-state index is -5.00. The number of nitrogens with zero attached hydrogens (tertiary/aromatic N) is 4. The Bertz CT molecular complexity index is 1530. The highest BCUT2D eigenvalue weighted by atomic mass is 35.5. The van der Waals surface area contributed by atoms with E-state index in [0.29, 0.717) is 37.5 Å². The lowest BCUT2D eigenvalue weighted by Gasteiger charge is -2.39. The summed E-state index contributed by atoms with van der Waals surface area (Å²) < 4.78 is 83.1. The largest absolute Gasteiger partial charge is 0.416 e. The van der Waals surface area contributed by atoms with Crippen LogP contribution >= 0.6 is 11.6 Å². The van der Waals surface area contributed by atoms with E-state index in [2.05, 4.69) is 51.7 Å². The average Bonchev–Trinajstić information content (AvgIpc) is 2.96. The summed E-state index contributed by atoms with van der Waals surface area (Å²) in [6.45, 7) is 13.5. The van der Waals surface area contributed by atoms with Gasteiger partial charge < -0.3 is 9.80 Å². The van der Waals surface area contributed by atoms with Gasteiger partial charge in [-0.15, -0.1) is 0 Å². The Kier molecular flexibility index (Phi) is 10.3. The third kappa shape index (κ3) is 8.20. The van der Waals surface area contributed by atoms with Gasteiger partial charge in [0.15, 0.2) is 0 Å². The lowest BCUT2D eigenvalue weighted by molar-refractivity contribution is -0.143. The number of aliphatic imine (C=N–C) groups is 2. The SMILES string of the molecule is CC(=Nc1c(C(C)C)cc(C)cc1C(C)C)N1CCCN(C(=Nc2ccccc2Cl)c2cc(C(F)(F)F)cc(C(F)(F)F)c2)C1. The molecule has 0 N–H and O–H groups in total. The quantitative estimate of drug-likeness (QED) is 0.156. The lowest BCUT2D eigenvalue weighted by Crippen LogP contribution is -2.49. The Morgan fingerprint density at radius 1 is 0.778 bits per heavy atom. The molecule has 0 amide bonds. The van der Waals surface area contributed by atoms with Crippen molar-refractivity contribution >= 4 is 34.6 Å². The highest BCUT2D eigenvalue weighted by molar-refractivity contribution is 6.33. The Morgan fingerprint density at radius 3 is 1.82 bits per heavy atom. The number of hydrogen-bond donors (Lipinski definition) is 0. The average molecular weight is 651 g/mol. The molecule has 0 radical (unpaired) electrons. The fourth-order valence-electron chi connectivity index (χ4n) is 5.37. The molecular weight excluding hydrogens is 614 g/mol. The molecule has 0 aromatic heterocycles. The second-order valence-electron chi connectivity index (χ2n) is 12.0. The van der Waals surface area contributed by atoms with Crippen molar-refractivity contribution in [2.45, 2.75) is 72.2 Å². The first-order valence-electron chi connectivity index (χ1n) is 14.8. The van der Waals surface area contributed by atoms with Gasteiger partial charge in [0.05, 0.1) is 34.2 Å². The standard InChI is InChI=1S/C34H37ClF6N4/c1-20(2)27-14-22(5)15-28(21(3)4)31(27)42-23(6)44-12-9-13-45(19-44)32(43-30-11-8-7-10-29(30)35)24-16-25(33(36,37)38)18-26(17-24)34(39,40)41/h7-8,10-11,14-18,20-21H,9,12-13,19H2,1-6H3. The van der Waals surface area contributed by atoms with E-state index in [9.17, 15) is 26.3 Å². The Balaban J connectivity index is 1.83. The van der Waals surface area contributed by atoms with Gasteiger partial charge in [0.2, 0.25) is 0 Å². The smallest absolute Gasteiger partial charge is 0.342 e. The molecule has 0 atom stereocenters. The van der Waals surface area contributed by atoms with E-state index in [-0.39, 0.29) is 46.7 Å². The van der Waals surface area contributed by atoms with Crippen LogP contribution in [0.15, 0.2) is 64.6 Å². The zero-order valence-corrected chi connectivity index (χ0v) is 26.9. The number of benzene rings is 3. The monoisotopic (exact) mass is 650 g/mol. The number of para-hydroxylation sites is 1. The van der Waals surface area contributed by atoms with Crippen LogP contribution in [0.25, 0.3) is 0 Å². The van der Waals surface area contributed by atoms with Gasteiger partial charge in [-0.2, -0.15) is 26.3 Å². The van der Waals surface area contributed by atoms with Gasteiger partial charge in [-0.05, 0) is 73.6 Å². The van der Waals surface area contributed by atoms with Gasteiger partial charge in [-0.25, -0.2) is 9.98 Å². The molecule has 3 aromatic rings. The highest BCUT2D eigenvalue weighted by Crippen LogP contribution is 2.39. The van der Waals surface area contributed by atoms with Crippen LogP contribution in [0.1, 0.15) is 86.3 Å². The minimum Gasteiger partial charge on any atom is -0.342 e. The van der Waals surface area contributed by atoms with Crippen molar-refractivity contribution < 1.29 is 26.3 Å². The summed E-state index contributed by atoms with van der Waals surface area (Å²) in [4.78, 5) is 13.3. The normalized spacial score (nSPS) is 15.4. The molecule has 0 bridgehead atoms. The van der Waals surface area contributed by atoms with Crippen molar-refractivity contribution in [1.29, 1.82) is 0 Å². The summed E-state index contributed by atoms with van der Waals surface area (Å²) in [6.07, 6.45) is -9.43. The number of aryl methyl sites for hydroxylation is 1. The van der Waals surface area contributed by atoms with Crippen molar-refractivity contribution in [2.24, 2.45) is 9.98 Å². The van der Waals surface area contributed by atoms with Crippen molar-refractivity contribution in [2.75, 3.05) is 19.8 Å². The fourth-order valence-corrected chi connectivity index (χ4v) is 5.55. The summed E-state index contributed by atoms with van der Waals surface area (Å²) in [6, 6.07) is 12.2. The minimum absolute atomic E-state index is 0.0433. The molecule has 0 saturated carbocycles. The molecule has 0 aliphatic carbocycles. The van der Waals surface area contributed by atoms with Gasteiger partial charge in [-0.3, -0.25) is 0 Å². The van der Waals surface area contributed by atoms with Crippen LogP contribution in [0.4, 0.5) is 37.7 Å². The van der Waals surface area contributed by atoms with Crippen LogP contribution in [-0.2, 0) is 12.4 Å². The molecule has 11 heteroatoms. The van der Waals surface area contributed by atoms with Gasteiger partial charge in [0.1, 0.15) is 11.7 Å². The molecule has 0 spiro atoms. The summed E-state index contributed by atoms with van der Waals surface area (Å²) in [5, 5.41) is 0.214. The second kappa shape index (κ2) is 13.4. The van der Waals surface area contributed by atoms with Crippen LogP contribution < -0.4 is 0 Å². The van der Waals surface area contributed by atoms with Crippen molar-refractivity contribution in [3.05, 3.63) is 93.0 Å². The van der Waals surface area contributed by atoms with Crippen LogP contribution in [0.2, 0.25) is 5.02 Å². The number of halogens is 7. The predicted molar refractivity (Wildman–Crippen MR) is 169 cm³/mol. The van der Waals surface area contributed by atoms with Crippen LogP contribution in [0.5, 0.6) is 0 Å². The first-order chi connectivity index (χ1) is 21.0. The molecular formula is C34H37ClF6N4. The fraction of sp³-hybridized carbons (Fsp3) is 0.412. The second-order valence-corrected chi connectivity index (χ2v) is 12.4. The van der Waals surface area contributed by atoms with Crippen LogP contribution in [0.3, 0.4) is 0 Å². The zero-order chi connectivity index (χ0) is 33.3. The van der Waals surface area contributed by atoms with Crippen molar-refractivity contribution in [1.82, 2.24) is 9.80 Å².